The zero-order chi connectivity index (χ0) is 31.1. The highest BCUT2D eigenvalue weighted by molar-refractivity contribution is 7.26. The minimum atomic E-state index is 0.633. The first-order chi connectivity index (χ1) is 23.3. The zero-order valence-electron chi connectivity index (χ0n) is 25.2. The van der Waals surface area contributed by atoms with Gasteiger partial charge in [-0.15, -0.1) is 11.3 Å². The van der Waals surface area contributed by atoms with E-state index in [-0.39, 0.29) is 0 Å². The lowest BCUT2D eigenvalue weighted by atomic mass is 10.0. The molecule has 47 heavy (non-hydrogen) atoms. The van der Waals surface area contributed by atoms with Crippen molar-refractivity contribution in [2.45, 2.75) is 0 Å². The molecule has 0 aliphatic heterocycles. The topological polar surface area (TPSA) is 33.6 Å². The Hall–Kier alpha value is -6.15. The maximum atomic E-state index is 10.2. The molecule has 10 rings (SSSR count). The standard InChI is InChI=1S/C43H25N3S/c44-26-27-22-29(25-31(23-27)45-38-16-5-1-12-32(38)33-13-2-6-17-39(33)45)28-10-9-11-30(24-28)46-40-18-7-3-14-34(40)36-20-21-37-35-15-4-8-19-41(35)47-43(37)42(36)46/h1-25H. The monoisotopic (exact) mass is 615 g/mol. The smallest absolute Gasteiger partial charge is 0.0992 e. The molecule has 0 atom stereocenters. The predicted molar refractivity (Wildman–Crippen MR) is 198 cm³/mol. The van der Waals surface area contributed by atoms with Crippen LogP contribution in [0.1, 0.15) is 5.56 Å². The highest BCUT2D eigenvalue weighted by Crippen LogP contribution is 2.43. The average molecular weight is 616 g/mol. The van der Waals surface area contributed by atoms with Crippen LogP contribution in [0.2, 0.25) is 0 Å². The van der Waals surface area contributed by atoms with Crippen LogP contribution in [0.5, 0.6) is 0 Å². The molecule has 0 N–H and O–H groups in total. The summed E-state index contributed by atoms with van der Waals surface area (Å²) < 4.78 is 7.30. The Morgan fingerprint density at radius 2 is 1.04 bits per heavy atom. The first-order valence-corrected chi connectivity index (χ1v) is 16.6. The van der Waals surface area contributed by atoms with Gasteiger partial charge in [0.1, 0.15) is 0 Å². The fourth-order valence-electron chi connectivity index (χ4n) is 7.50. The Kier molecular flexibility index (Phi) is 5.51. The molecule has 3 aromatic heterocycles. The molecule has 0 fully saturated rings. The molecule has 4 heteroatoms. The third-order valence-electron chi connectivity index (χ3n) is 9.50. The van der Waals surface area contributed by atoms with Crippen molar-refractivity contribution in [3.05, 3.63) is 157 Å². The second kappa shape index (κ2) is 9.92. The number of nitrogens with zero attached hydrogens (tertiary/aromatic N) is 3. The van der Waals surface area contributed by atoms with Crippen LogP contribution < -0.4 is 0 Å². The van der Waals surface area contributed by atoms with Gasteiger partial charge in [0.05, 0.1) is 38.4 Å². The molecule has 0 aliphatic carbocycles. The maximum Gasteiger partial charge on any atom is 0.0992 e. The van der Waals surface area contributed by atoms with E-state index in [0.29, 0.717) is 5.56 Å². The van der Waals surface area contributed by atoms with Crippen LogP contribution in [0, 0.1) is 11.3 Å². The molecule has 0 unspecified atom stereocenters. The quantitative estimate of drug-likeness (QED) is 0.195. The first-order valence-electron chi connectivity index (χ1n) is 15.7. The third kappa shape index (κ3) is 3.78. The van der Waals surface area contributed by atoms with E-state index >= 15 is 0 Å². The number of nitriles is 1. The van der Waals surface area contributed by atoms with E-state index in [0.717, 1.165) is 33.5 Å². The number of thiophene rings is 1. The lowest BCUT2D eigenvalue weighted by Crippen LogP contribution is -1.97. The first kappa shape index (κ1) is 26.1. The Bertz CT molecular complexity index is 2880. The van der Waals surface area contributed by atoms with Crippen LogP contribution in [0.15, 0.2) is 152 Å². The molecular formula is C43H25N3S. The molecule has 10 aromatic rings. The zero-order valence-corrected chi connectivity index (χ0v) is 26.0. The predicted octanol–water partition coefficient (Wildman–Crippen LogP) is 11.8. The van der Waals surface area contributed by atoms with E-state index in [2.05, 4.69) is 155 Å². The van der Waals surface area contributed by atoms with Gasteiger partial charge in [0.15, 0.2) is 0 Å². The molecule has 0 spiro atoms. The van der Waals surface area contributed by atoms with Gasteiger partial charge in [-0.05, 0) is 65.7 Å². The van der Waals surface area contributed by atoms with Crippen molar-refractivity contribution >= 4 is 75.1 Å². The van der Waals surface area contributed by atoms with Crippen LogP contribution in [-0.4, -0.2) is 9.13 Å². The van der Waals surface area contributed by atoms with Gasteiger partial charge in [0.2, 0.25) is 0 Å². The molecule has 3 heterocycles. The normalized spacial score (nSPS) is 11.8. The lowest BCUT2D eigenvalue weighted by molar-refractivity contribution is 1.17. The molecular weight excluding hydrogens is 591 g/mol. The maximum absolute atomic E-state index is 10.2. The minimum Gasteiger partial charge on any atom is -0.309 e. The van der Waals surface area contributed by atoms with Crippen LogP contribution in [0.4, 0.5) is 0 Å². The Labute approximate surface area is 274 Å². The van der Waals surface area contributed by atoms with E-state index in [1.807, 2.05) is 23.5 Å². The Morgan fingerprint density at radius 1 is 0.447 bits per heavy atom. The van der Waals surface area contributed by atoms with Crippen LogP contribution in [0.25, 0.3) is 86.3 Å². The van der Waals surface area contributed by atoms with Crippen LogP contribution >= 0.6 is 11.3 Å². The summed E-state index contributed by atoms with van der Waals surface area (Å²) in [7, 11) is 0. The van der Waals surface area contributed by atoms with Crippen molar-refractivity contribution in [3.63, 3.8) is 0 Å². The van der Waals surface area contributed by atoms with Crippen LogP contribution in [-0.2, 0) is 0 Å². The van der Waals surface area contributed by atoms with Gasteiger partial charge >= 0.3 is 0 Å². The molecule has 0 amide bonds. The van der Waals surface area contributed by atoms with Crippen molar-refractivity contribution in [2.24, 2.45) is 0 Å². The van der Waals surface area contributed by atoms with Crippen LogP contribution in [0.3, 0.4) is 0 Å². The summed E-state index contributed by atoms with van der Waals surface area (Å²) in [6.45, 7) is 0. The van der Waals surface area contributed by atoms with Crippen molar-refractivity contribution in [3.8, 4) is 28.6 Å². The van der Waals surface area contributed by atoms with Gasteiger partial charge in [-0.1, -0.05) is 97.1 Å². The van der Waals surface area contributed by atoms with Crippen molar-refractivity contribution in [1.82, 2.24) is 9.13 Å². The van der Waals surface area contributed by atoms with E-state index in [1.165, 1.54) is 52.8 Å². The SMILES string of the molecule is N#Cc1cc(-c2cccc(-n3c4ccccc4c4ccc5c6ccccc6sc5c43)c2)cc(-n2c3ccccc3c3ccccc32)c1. The average Bonchev–Trinajstić information content (AvgIpc) is 3.79. The number of para-hydroxylation sites is 3. The lowest BCUT2D eigenvalue weighted by Gasteiger charge is -2.13. The van der Waals surface area contributed by atoms with Crippen molar-refractivity contribution in [2.75, 3.05) is 0 Å². The van der Waals surface area contributed by atoms with Crippen molar-refractivity contribution < 1.29 is 0 Å². The summed E-state index contributed by atoms with van der Waals surface area (Å²) in [4.78, 5) is 0. The number of hydrogen-bond acceptors (Lipinski definition) is 2. The minimum absolute atomic E-state index is 0.633. The second-order valence-corrected chi connectivity index (χ2v) is 13.1. The summed E-state index contributed by atoms with van der Waals surface area (Å²) in [6.07, 6.45) is 0. The van der Waals surface area contributed by atoms with Gasteiger partial charge in [0, 0.05) is 48.4 Å². The highest BCUT2D eigenvalue weighted by Gasteiger charge is 2.18. The van der Waals surface area contributed by atoms with E-state index in [1.54, 1.807) is 0 Å². The molecule has 3 nitrogen and oxygen atoms in total. The summed E-state index contributed by atoms with van der Waals surface area (Å²) in [5.74, 6) is 0. The van der Waals surface area contributed by atoms with E-state index < -0.39 is 0 Å². The largest absolute Gasteiger partial charge is 0.309 e. The number of hydrogen-bond donors (Lipinski definition) is 0. The molecule has 0 bridgehead atoms. The summed E-state index contributed by atoms with van der Waals surface area (Å²) in [6, 6.07) is 56.4. The fourth-order valence-corrected chi connectivity index (χ4v) is 8.74. The second-order valence-electron chi connectivity index (χ2n) is 12.1. The van der Waals surface area contributed by atoms with Gasteiger partial charge in [-0.2, -0.15) is 5.26 Å². The van der Waals surface area contributed by atoms with Gasteiger partial charge < -0.3 is 9.13 Å². The summed E-state index contributed by atoms with van der Waals surface area (Å²) >= 11 is 1.86. The summed E-state index contributed by atoms with van der Waals surface area (Å²) in [5, 5.41) is 17.7. The molecule has 218 valence electrons. The number of fused-ring (bicyclic) bond motifs is 10. The van der Waals surface area contributed by atoms with E-state index in [9.17, 15) is 5.26 Å². The molecule has 0 saturated heterocycles. The Balaban J connectivity index is 1.22. The highest BCUT2D eigenvalue weighted by atomic mass is 32.1. The number of rotatable bonds is 3. The van der Waals surface area contributed by atoms with E-state index in [4.69, 9.17) is 0 Å². The molecule has 0 radical (unpaired) electrons. The van der Waals surface area contributed by atoms with Gasteiger partial charge in [0.25, 0.3) is 0 Å². The molecule has 0 aliphatic rings. The summed E-state index contributed by atoms with van der Waals surface area (Å²) in [5.41, 5.74) is 9.45. The third-order valence-corrected chi connectivity index (χ3v) is 10.7. The van der Waals surface area contributed by atoms with Gasteiger partial charge in [-0.25, -0.2) is 0 Å². The molecule has 7 aromatic carbocycles. The van der Waals surface area contributed by atoms with Crippen molar-refractivity contribution in [1.29, 1.82) is 5.26 Å². The number of aromatic nitrogens is 2. The number of benzene rings is 7. The van der Waals surface area contributed by atoms with Gasteiger partial charge in [-0.3, -0.25) is 0 Å². The molecule has 0 saturated carbocycles. The fraction of sp³-hybridized carbons (Fsp3) is 0. The Morgan fingerprint density at radius 3 is 1.77 bits per heavy atom.